The molecule has 5 heteroatoms. The summed E-state index contributed by atoms with van der Waals surface area (Å²) in [7, 11) is 0. The number of likely N-dealkylation sites (N-methyl/N-ethyl adjacent to an activating group) is 1. The van der Waals surface area contributed by atoms with E-state index in [4.69, 9.17) is 4.74 Å². The second kappa shape index (κ2) is 7.33. The highest BCUT2D eigenvalue weighted by atomic mass is 16.5. The Bertz CT molecular complexity index is 510. The highest BCUT2D eigenvalue weighted by Crippen LogP contribution is 2.11. The summed E-state index contributed by atoms with van der Waals surface area (Å²) >= 11 is 0. The molecule has 0 saturated heterocycles. The SMILES string of the molecule is C=C(C)CN(CC)C(=O)COC(=O)c1cccc(O)c1. The molecule has 1 aromatic carbocycles. The number of aromatic hydroxyl groups is 1. The molecule has 0 aliphatic rings. The van der Waals surface area contributed by atoms with Crippen molar-refractivity contribution in [3.05, 3.63) is 42.0 Å². The average Bonchev–Trinajstić information content (AvgIpc) is 2.41. The van der Waals surface area contributed by atoms with Crippen LogP contribution in [0.2, 0.25) is 0 Å². The first-order valence-electron chi connectivity index (χ1n) is 6.32. The fraction of sp³-hybridized carbons (Fsp3) is 0.333. The van der Waals surface area contributed by atoms with Crippen molar-refractivity contribution in [3.8, 4) is 5.75 Å². The Morgan fingerprint density at radius 3 is 2.65 bits per heavy atom. The van der Waals surface area contributed by atoms with E-state index in [2.05, 4.69) is 6.58 Å². The van der Waals surface area contributed by atoms with Gasteiger partial charge in [0.25, 0.3) is 5.91 Å². The normalized spacial score (nSPS) is 9.90. The second-order valence-corrected chi connectivity index (χ2v) is 4.49. The molecule has 0 aliphatic heterocycles. The first kappa shape index (κ1) is 15.8. The van der Waals surface area contributed by atoms with Gasteiger partial charge in [0.15, 0.2) is 6.61 Å². The number of phenols is 1. The van der Waals surface area contributed by atoms with E-state index in [1.54, 1.807) is 4.90 Å². The molecule has 0 fully saturated rings. The van der Waals surface area contributed by atoms with Crippen LogP contribution >= 0.6 is 0 Å². The molecule has 0 spiro atoms. The number of phenolic OH excluding ortho intramolecular Hbond substituents is 1. The van der Waals surface area contributed by atoms with Gasteiger partial charge in [-0.05, 0) is 32.0 Å². The number of carbonyl (C=O) groups excluding carboxylic acids is 2. The summed E-state index contributed by atoms with van der Waals surface area (Å²) < 4.78 is 4.94. The van der Waals surface area contributed by atoms with Gasteiger partial charge in [0.2, 0.25) is 0 Å². The van der Waals surface area contributed by atoms with E-state index >= 15 is 0 Å². The molecule has 0 radical (unpaired) electrons. The molecular weight excluding hydrogens is 258 g/mol. The van der Waals surface area contributed by atoms with Crippen molar-refractivity contribution < 1.29 is 19.4 Å². The van der Waals surface area contributed by atoms with Gasteiger partial charge in [-0.1, -0.05) is 18.2 Å². The van der Waals surface area contributed by atoms with Gasteiger partial charge in [-0.25, -0.2) is 4.79 Å². The maximum Gasteiger partial charge on any atom is 0.338 e. The molecule has 1 aromatic rings. The molecule has 0 aliphatic carbocycles. The zero-order valence-electron chi connectivity index (χ0n) is 11.8. The van der Waals surface area contributed by atoms with Gasteiger partial charge < -0.3 is 14.7 Å². The first-order chi connectivity index (χ1) is 9.43. The molecule has 0 heterocycles. The molecule has 0 unspecified atom stereocenters. The van der Waals surface area contributed by atoms with E-state index < -0.39 is 5.97 Å². The standard InChI is InChI=1S/C15H19NO4/c1-4-16(9-11(2)3)14(18)10-20-15(19)12-6-5-7-13(17)8-12/h5-8,17H,2,4,9-10H2,1,3H3. The smallest absolute Gasteiger partial charge is 0.338 e. The van der Waals surface area contributed by atoms with E-state index in [0.29, 0.717) is 13.1 Å². The molecule has 1 N–H and O–H groups in total. The Morgan fingerprint density at radius 2 is 2.10 bits per heavy atom. The van der Waals surface area contributed by atoms with E-state index in [1.807, 2.05) is 13.8 Å². The van der Waals surface area contributed by atoms with E-state index in [1.165, 1.54) is 24.3 Å². The van der Waals surface area contributed by atoms with Crippen molar-refractivity contribution in [2.75, 3.05) is 19.7 Å². The number of esters is 1. The van der Waals surface area contributed by atoms with E-state index in [-0.39, 0.29) is 23.8 Å². The van der Waals surface area contributed by atoms with Gasteiger partial charge in [0.1, 0.15) is 5.75 Å². The van der Waals surface area contributed by atoms with Crippen molar-refractivity contribution in [2.24, 2.45) is 0 Å². The lowest BCUT2D eigenvalue weighted by Crippen LogP contribution is -2.35. The molecule has 1 rings (SSSR count). The maximum atomic E-state index is 11.9. The van der Waals surface area contributed by atoms with Gasteiger partial charge in [-0.2, -0.15) is 0 Å². The molecule has 0 atom stereocenters. The highest BCUT2D eigenvalue weighted by molar-refractivity contribution is 5.91. The van der Waals surface area contributed by atoms with Crippen molar-refractivity contribution in [1.82, 2.24) is 4.90 Å². The molecule has 0 aromatic heterocycles. The molecule has 108 valence electrons. The summed E-state index contributed by atoms with van der Waals surface area (Å²) in [5, 5.41) is 9.27. The Morgan fingerprint density at radius 1 is 1.40 bits per heavy atom. The first-order valence-corrected chi connectivity index (χ1v) is 6.32. The summed E-state index contributed by atoms with van der Waals surface area (Å²) in [4.78, 5) is 25.1. The molecule has 5 nitrogen and oxygen atoms in total. The predicted molar refractivity (Wildman–Crippen MR) is 75.5 cm³/mol. The predicted octanol–water partition coefficient (Wildman–Crippen LogP) is 1.97. The Labute approximate surface area is 118 Å². The van der Waals surface area contributed by atoms with Crippen LogP contribution < -0.4 is 0 Å². The van der Waals surface area contributed by atoms with Crippen LogP contribution in [0, 0.1) is 0 Å². The third-order valence-corrected chi connectivity index (χ3v) is 2.60. The van der Waals surface area contributed by atoms with E-state index in [0.717, 1.165) is 5.57 Å². The number of ether oxygens (including phenoxy) is 1. The number of nitrogens with zero attached hydrogens (tertiary/aromatic N) is 1. The number of hydrogen-bond donors (Lipinski definition) is 1. The number of rotatable bonds is 6. The summed E-state index contributed by atoms with van der Waals surface area (Å²) in [6.45, 7) is 8.06. The van der Waals surface area contributed by atoms with Crippen LogP contribution in [0.15, 0.2) is 36.4 Å². The molecular formula is C15H19NO4. The third-order valence-electron chi connectivity index (χ3n) is 2.60. The van der Waals surface area contributed by atoms with Crippen molar-refractivity contribution in [2.45, 2.75) is 13.8 Å². The van der Waals surface area contributed by atoms with Gasteiger partial charge in [-0.15, -0.1) is 0 Å². The molecule has 0 bridgehead atoms. The largest absolute Gasteiger partial charge is 0.508 e. The fourth-order valence-electron chi connectivity index (χ4n) is 1.64. The highest BCUT2D eigenvalue weighted by Gasteiger charge is 2.15. The average molecular weight is 277 g/mol. The fourth-order valence-corrected chi connectivity index (χ4v) is 1.64. The maximum absolute atomic E-state index is 11.9. The van der Waals surface area contributed by atoms with Crippen LogP contribution in [0.25, 0.3) is 0 Å². The third kappa shape index (κ3) is 4.76. The molecule has 0 saturated carbocycles. The van der Waals surface area contributed by atoms with Crippen LogP contribution in [0.4, 0.5) is 0 Å². The van der Waals surface area contributed by atoms with Crippen LogP contribution in [0.5, 0.6) is 5.75 Å². The summed E-state index contributed by atoms with van der Waals surface area (Å²) in [6.07, 6.45) is 0. The van der Waals surface area contributed by atoms with Crippen LogP contribution in [-0.2, 0) is 9.53 Å². The van der Waals surface area contributed by atoms with Crippen molar-refractivity contribution in [3.63, 3.8) is 0 Å². The minimum absolute atomic E-state index is 0.0248. The minimum atomic E-state index is -0.638. The zero-order valence-corrected chi connectivity index (χ0v) is 11.8. The molecule has 1 amide bonds. The summed E-state index contributed by atoms with van der Waals surface area (Å²) in [6, 6.07) is 5.79. The number of hydrogen-bond acceptors (Lipinski definition) is 4. The summed E-state index contributed by atoms with van der Waals surface area (Å²) in [5.74, 6) is -0.937. The van der Waals surface area contributed by atoms with Crippen molar-refractivity contribution in [1.29, 1.82) is 0 Å². The van der Waals surface area contributed by atoms with Crippen LogP contribution in [0.3, 0.4) is 0 Å². The van der Waals surface area contributed by atoms with Gasteiger partial charge in [-0.3, -0.25) is 4.79 Å². The van der Waals surface area contributed by atoms with Crippen LogP contribution in [0.1, 0.15) is 24.2 Å². The molecule has 20 heavy (non-hydrogen) atoms. The topological polar surface area (TPSA) is 66.8 Å². The van der Waals surface area contributed by atoms with Gasteiger partial charge in [0.05, 0.1) is 5.56 Å². The Balaban J connectivity index is 2.55. The quantitative estimate of drug-likeness (QED) is 0.637. The van der Waals surface area contributed by atoms with Crippen molar-refractivity contribution >= 4 is 11.9 Å². The minimum Gasteiger partial charge on any atom is -0.508 e. The lowest BCUT2D eigenvalue weighted by Gasteiger charge is -2.20. The number of benzene rings is 1. The number of amides is 1. The summed E-state index contributed by atoms with van der Waals surface area (Å²) in [5.41, 5.74) is 1.07. The monoisotopic (exact) mass is 277 g/mol. The second-order valence-electron chi connectivity index (χ2n) is 4.49. The zero-order chi connectivity index (χ0) is 15.1. The lowest BCUT2D eigenvalue weighted by atomic mass is 10.2. The lowest BCUT2D eigenvalue weighted by molar-refractivity contribution is -0.133. The van der Waals surface area contributed by atoms with Gasteiger partial charge in [0, 0.05) is 13.1 Å². The Hall–Kier alpha value is -2.30. The van der Waals surface area contributed by atoms with E-state index in [9.17, 15) is 14.7 Å². The van der Waals surface area contributed by atoms with Crippen LogP contribution in [-0.4, -0.2) is 41.6 Å². The Kier molecular flexibility index (Phi) is 5.77. The van der Waals surface area contributed by atoms with Gasteiger partial charge >= 0.3 is 5.97 Å². The number of carbonyl (C=O) groups is 2.